The molecule has 19 heavy (non-hydrogen) atoms. The standard InChI is InChI=1S/C14H21FN2O2/c1-10(2)13(16)14(18)17(3)8-9-19-12-7-5-4-6-11(12)15/h4-7,10,13H,8-9,16H2,1-3H3/t13-/m0/s1. The first-order valence-electron chi connectivity index (χ1n) is 6.31. The van der Waals surface area contributed by atoms with Gasteiger partial charge >= 0.3 is 0 Å². The SMILES string of the molecule is CC(C)[C@H](N)C(=O)N(C)CCOc1ccccc1F. The van der Waals surface area contributed by atoms with Gasteiger partial charge in [0.15, 0.2) is 11.6 Å². The number of likely N-dealkylation sites (N-methyl/N-ethyl adjacent to an activating group) is 1. The summed E-state index contributed by atoms with van der Waals surface area (Å²) in [6, 6.07) is 5.66. The maximum Gasteiger partial charge on any atom is 0.239 e. The quantitative estimate of drug-likeness (QED) is 0.853. The molecule has 0 heterocycles. The molecule has 0 bridgehead atoms. The fourth-order valence-electron chi connectivity index (χ4n) is 1.50. The molecule has 0 saturated carbocycles. The number of hydrogen-bond donors (Lipinski definition) is 1. The molecule has 0 aromatic heterocycles. The number of ether oxygens (including phenoxy) is 1. The number of rotatable bonds is 6. The summed E-state index contributed by atoms with van der Waals surface area (Å²) in [5.41, 5.74) is 5.78. The van der Waals surface area contributed by atoms with Gasteiger partial charge < -0.3 is 15.4 Å². The molecule has 0 saturated heterocycles. The predicted octanol–water partition coefficient (Wildman–Crippen LogP) is 1.65. The van der Waals surface area contributed by atoms with Gasteiger partial charge in [0.2, 0.25) is 5.91 Å². The van der Waals surface area contributed by atoms with Crippen molar-refractivity contribution in [3.05, 3.63) is 30.1 Å². The molecule has 0 fully saturated rings. The van der Waals surface area contributed by atoms with E-state index in [-0.39, 0.29) is 24.2 Å². The third kappa shape index (κ3) is 4.52. The topological polar surface area (TPSA) is 55.6 Å². The smallest absolute Gasteiger partial charge is 0.239 e. The van der Waals surface area contributed by atoms with Gasteiger partial charge in [-0.2, -0.15) is 0 Å². The summed E-state index contributed by atoms with van der Waals surface area (Å²) in [6.45, 7) is 4.39. The summed E-state index contributed by atoms with van der Waals surface area (Å²) >= 11 is 0. The van der Waals surface area contributed by atoms with Crippen LogP contribution in [0.25, 0.3) is 0 Å². The number of halogens is 1. The van der Waals surface area contributed by atoms with Crippen molar-refractivity contribution >= 4 is 5.91 Å². The molecule has 1 rings (SSSR count). The minimum absolute atomic E-state index is 0.0856. The van der Waals surface area contributed by atoms with Crippen LogP contribution in [0.15, 0.2) is 24.3 Å². The molecule has 0 spiro atoms. The highest BCUT2D eigenvalue weighted by Gasteiger charge is 2.20. The van der Waals surface area contributed by atoms with Crippen molar-refractivity contribution in [2.24, 2.45) is 11.7 Å². The lowest BCUT2D eigenvalue weighted by molar-refractivity contribution is -0.132. The van der Waals surface area contributed by atoms with Crippen molar-refractivity contribution in [2.45, 2.75) is 19.9 Å². The van der Waals surface area contributed by atoms with Crippen molar-refractivity contribution < 1.29 is 13.9 Å². The van der Waals surface area contributed by atoms with Crippen LogP contribution in [0.5, 0.6) is 5.75 Å². The molecule has 4 nitrogen and oxygen atoms in total. The van der Waals surface area contributed by atoms with E-state index in [1.54, 1.807) is 25.2 Å². The van der Waals surface area contributed by atoms with Crippen LogP contribution in [-0.2, 0) is 4.79 Å². The molecule has 0 unspecified atom stereocenters. The summed E-state index contributed by atoms with van der Waals surface area (Å²) in [5, 5.41) is 0. The maximum absolute atomic E-state index is 13.3. The zero-order chi connectivity index (χ0) is 14.4. The van der Waals surface area contributed by atoms with E-state index in [0.29, 0.717) is 6.54 Å². The number of amides is 1. The van der Waals surface area contributed by atoms with E-state index in [1.807, 2.05) is 13.8 Å². The van der Waals surface area contributed by atoms with E-state index in [2.05, 4.69) is 0 Å². The molecule has 106 valence electrons. The molecular weight excluding hydrogens is 247 g/mol. The van der Waals surface area contributed by atoms with Gasteiger partial charge in [-0.1, -0.05) is 26.0 Å². The molecule has 0 aliphatic carbocycles. The second kappa shape index (κ2) is 7.09. The van der Waals surface area contributed by atoms with Crippen molar-refractivity contribution in [1.82, 2.24) is 4.90 Å². The van der Waals surface area contributed by atoms with Gasteiger partial charge in [-0.05, 0) is 18.1 Å². The minimum atomic E-state index is -0.515. The number of carbonyl (C=O) groups excluding carboxylic acids is 1. The average molecular weight is 268 g/mol. The largest absolute Gasteiger partial charge is 0.489 e. The lowest BCUT2D eigenvalue weighted by Gasteiger charge is -2.23. The van der Waals surface area contributed by atoms with Gasteiger partial charge in [0.05, 0.1) is 12.6 Å². The predicted molar refractivity (Wildman–Crippen MR) is 72.3 cm³/mol. The Morgan fingerprint density at radius 3 is 2.63 bits per heavy atom. The summed E-state index contributed by atoms with van der Waals surface area (Å²) in [7, 11) is 1.66. The van der Waals surface area contributed by atoms with Crippen molar-refractivity contribution in [1.29, 1.82) is 0 Å². The Kier molecular flexibility index (Phi) is 5.76. The van der Waals surface area contributed by atoms with Gasteiger partial charge in [0, 0.05) is 7.05 Å². The van der Waals surface area contributed by atoms with Crippen molar-refractivity contribution in [3.63, 3.8) is 0 Å². The highest BCUT2D eigenvalue weighted by molar-refractivity contribution is 5.81. The van der Waals surface area contributed by atoms with Crippen LogP contribution in [-0.4, -0.2) is 37.0 Å². The molecule has 1 aromatic carbocycles. The Bertz CT molecular complexity index is 424. The number of carbonyl (C=O) groups is 1. The second-order valence-corrected chi connectivity index (χ2v) is 4.81. The number of benzene rings is 1. The fourth-order valence-corrected chi connectivity index (χ4v) is 1.50. The summed E-state index contributed by atoms with van der Waals surface area (Å²) in [4.78, 5) is 13.4. The second-order valence-electron chi connectivity index (χ2n) is 4.81. The van der Waals surface area contributed by atoms with Crippen LogP contribution in [0, 0.1) is 11.7 Å². The molecule has 0 radical (unpaired) electrons. The number of nitrogens with zero attached hydrogens (tertiary/aromatic N) is 1. The zero-order valence-electron chi connectivity index (χ0n) is 11.6. The molecule has 5 heteroatoms. The Morgan fingerprint density at radius 2 is 2.05 bits per heavy atom. The summed E-state index contributed by atoms with van der Waals surface area (Å²) in [6.07, 6.45) is 0. The van der Waals surface area contributed by atoms with Crippen LogP contribution in [0.3, 0.4) is 0 Å². The Labute approximate surface area is 113 Å². The van der Waals surface area contributed by atoms with Crippen molar-refractivity contribution in [3.8, 4) is 5.75 Å². The van der Waals surface area contributed by atoms with Crippen LogP contribution < -0.4 is 10.5 Å². The van der Waals surface area contributed by atoms with Gasteiger partial charge in [-0.25, -0.2) is 4.39 Å². The first kappa shape index (κ1) is 15.4. The van der Waals surface area contributed by atoms with E-state index >= 15 is 0 Å². The Morgan fingerprint density at radius 1 is 1.42 bits per heavy atom. The normalized spacial score (nSPS) is 12.3. The molecular formula is C14H21FN2O2. The summed E-state index contributed by atoms with van der Waals surface area (Å²) in [5.74, 6) is -0.263. The molecule has 0 aliphatic heterocycles. The lowest BCUT2D eigenvalue weighted by atomic mass is 10.0. The molecule has 2 N–H and O–H groups in total. The van der Waals surface area contributed by atoms with E-state index in [0.717, 1.165) is 0 Å². The highest BCUT2D eigenvalue weighted by atomic mass is 19.1. The minimum Gasteiger partial charge on any atom is -0.489 e. The van der Waals surface area contributed by atoms with Crippen LogP contribution >= 0.6 is 0 Å². The van der Waals surface area contributed by atoms with Crippen LogP contribution in [0.4, 0.5) is 4.39 Å². The Balaban J connectivity index is 2.41. The average Bonchev–Trinajstić information content (AvgIpc) is 2.38. The number of para-hydroxylation sites is 1. The first-order valence-corrected chi connectivity index (χ1v) is 6.31. The monoisotopic (exact) mass is 268 g/mol. The summed E-state index contributed by atoms with van der Waals surface area (Å²) < 4.78 is 18.6. The van der Waals surface area contributed by atoms with Gasteiger partial charge in [-0.15, -0.1) is 0 Å². The number of hydrogen-bond acceptors (Lipinski definition) is 3. The molecule has 0 aliphatic rings. The van der Waals surface area contributed by atoms with E-state index in [4.69, 9.17) is 10.5 Å². The van der Waals surface area contributed by atoms with Crippen LogP contribution in [0.2, 0.25) is 0 Å². The zero-order valence-corrected chi connectivity index (χ0v) is 11.6. The van der Waals surface area contributed by atoms with Crippen molar-refractivity contribution in [2.75, 3.05) is 20.2 Å². The van der Waals surface area contributed by atoms with Gasteiger partial charge in [0.25, 0.3) is 0 Å². The third-order valence-electron chi connectivity index (χ3n) is 2.90. The van der Waals surface area contributed by atoms with Gasteiger partial charge in [-0.3, -0.25) is 4.79 Å². The fraction of sp³-hybridized carbons (Fsp3) is 0.500. The molecule has 1 aromatic rings. The van der Waals surface area contributed by atoms with E-state index in [9.17, 15) is 9.18 Å². The molecule has 1 atom stereocenters. The third-order valence-corrected chi connectivity index (χ3v) is 2.90. The maximum atomic E-state index is 13.3. The number of nitrogens with two attached hydrogens (primary N) is 1. The van der Waals surface area contributed by atoms with Crippen LogP contribution in [0.1, 0.15) is 13.8 Å². The van der Waals surface area contributed by atoms with Gasteiger partial charge in [0.1, 0.15) is 6.61 Å². The lowest BCUT2D eigenvalue weighted by Crippen LogP contribution is -2.46. The van der Waals surface area contributed by atoms with E-state index < -0.39 is 11.9 Å². The molecule has 1 amide bonds. The first-order chi connectivity index (χ1) is 8.93. The van der Waals surface area contributed by atoms with E-state index in [1.165, 1.54) is 11.0 Å². The highest BCUT2D eigenvalue weighted by Crippen LogP contribution is 2.15. The Hall–Kier alpha value is -1.62.